The first-order valence-corrected chi connectivity index (χ1v) is 9.42. The van der Waals surface area contributed by atoms with Gasteiger partial charge in [0.15, 0.2) is 5.65 Å². The van der Waals surface area contributed by atoms with Gasteiger partial charge in [0.05, 0.1) is 36.2 Å². The fraction of sp³-hybridized carbons (Fsp3) is 0.143. The molecule has 0 aliphatic rings. The van der Waals surface area contributed by atoms with Gasteiger partial charge in [0.2, 0.25) is 5.91 Å². The maximum absolute atomic E-state index is 13.2. The van der Waals surface area contributed by atoms with Crippen molar-refractivity contribution >= 4 is 17.4 Å². The number of rotatable bonds is 6. The zero-order chi connectivity index (χ0) is 22.9. The average Bonchev–Trinajstić information content (AvgIpc) is 3.17. The predicted octanol–water partition coefficient (Wildman–Crippen LogP) is 3.31. The first-order chi connectivity index (χ1) is 15.2. The number of anilines is 1. The van der Waals surface area contributed by atoms with Crippen LogP contribution in [0.2, 0.25) is 0 Å². The first kappa shape index (κ1) is 21.1. The molecule has 1 amide bonds. The number of alkyl halides is 3. The van der Waals surface area contributed by atoms with E-state index in [2.05, 4.69) is 15.1 Å². The van der Waals surface area contributed by atoms with Crippen molar-refractivity contribution in [3.63, 3.8) is 0 Å². The Kier molecular flexibility index (Phi) is 5.39. The number of nitrogens with zero attached hydrogens (tertiary/aromatic N) is 4. The number of benzene rings is 1. The zero-order valence-electron chi connectivity index (χ0n) is 16.5. The van der Waals surface area contributed by atoms with E-state index in [1.54, 1.807) is 36.4 Å². The van der Waals surface area contributed by atoms with Crippen molar-refractivity contribution in [2.45, 2.75) is 12.6 Å². The Bertz CT molecular complexity index is 1290. The number of nitrogens with two attached hydrogens (primary N) is 2. The van der Waals surface area contributed by atoms with E-state index in [0.717, 1.165) is 11.6 Å². The molecule has 3 heterocycles. The van der Waals surface area contributed by atoms with Crippen LogP contribution in [0.5, 0.6) is 5.75 Å². The van der Waals surface area contributed by atoms with Gasteiger partial charge in [-0.25, -0.2) is 14.5 Å². The lowest BCUT2D eigenvalue weighted by Gasteiger charge is -2.11. The van der Waals surface area contributed by atoms with Crippen LogP contribution in [-0.4, -0.2) is 32.1 Å². The van der Waals surface area contributed by atoms with Crippen molar-refractivity contribution in [1.29, 1.82) is 0 Å². The van der Waals surface area contributed by atoms with E-state index in [0.29, 0.717) is 22.8 Å². The highest BCUT2D eigenvalue weighted by molar-refractivity contribution is 5.73. The number of primary amides is 1. The van der Waals surface area contributed by atoms with E-state index in [-0.39, 0.29) is 18.6 Å². The molecule has 0 spiro atoms. The molecule has 4 aromatic rings. The Morgan fingerprint density at radius 3 is 2.47 bits per heavy atom. The standard InChI is InChI=1S/C21H17F3N6O2/c22-21(23,24)15-9-13(10-28-20(15)26)17-11-27-19-6-5-16(29-30(17)19)12-1-3-14(4-2-12)32-8-7-18(25)31/h1-6,9-11H,7-8H2,(H2,25,31)(H2,26,28). The third-order valence-corrected chi connectivity index (χ3v) is 4.65. The van der Waals surface area contributed by atoms with Crippen LogP contribution in [0.4, 0.5) is 19.0 Å². The summed E-state index contributed by atoms with van der Waals surface area (Å²) in [6, 6.07) is 11.4. The highest BCUT2D eigenvalue weighted by Crippen LogP contribution is 2.35. The molecule has 4 N–H and O–H groups in total. The zero-order valence-corrected chi connectivity index (χ0v) is 16.5. The number of nitrogen functional groups attached to an aromatic ring is 1. The average molecular weight is 442 g/mol. The van der Waals surface area contributed by atoms with Gasteiger partial charge in [-0.15, -0.1) is 0 Å². The maximum atomic E-state index is 13.2. The topological polar surface area (TPSA) is 121 Å². The summed E-state index contributed by atoms with van der Waals surface area (Å²) >= 11 is 0. The molecule has 3 aromatic heterocycles. The van der Waals surface area contributed by atoms with Crippen LogP contribution < -0.4 is 16.2 Å². The molecule has 0 saturated heterocycles. The van der Waals surface area contributed by atoms with Gasteiger partial charge in [0, 0.05) is 17.3 Å². The van der Waals surface area contributed by atoms with Crippen molar-refractivity contribution in [2.75, 3.05) is 12.3 Å². The summed E-state index contributed by atoms with van der Waals surface area (Å²) in [5.41, 5.74) is 11.8. The van der Waals surface area contributed by atoms with Crippen LogP contribution >= 0.6 is 0 Å². The largest absolute Gasteiger partial charge is 0.493 e. The molecule has 0 fully saturated rings. The number of amides is 1. The number of ether oxygens (including phenoxy) is 1. The summed E-state index contributed by atoms with van der Waals surface area (Å²) in [6.45, 7) is 0.173. The highest BCUT2D eigenvalue weighted by atomic mass is 19.4. The molecule has 11 heteroatoms. The Hall–Kier alpha value is -4.15. The molecule has 0 unspecified atom stereocenters. The lowest BCUT2D eigenvalue weighted by atomic mass is 10.1. The van der Waals surface area contributed by atoms with Crippen LogP contribution in [-0.2, 0) is 11.0 Å². The van der Waals surface area contributed by atoms with Crippen molar-refractivity contribution in [1.82, 2.24) is 19.6 Å². The molecule has 1 aromatic carbocycles. The highest BCUT2D eigenvalue weighted by Gasteiger charge is 2.34. The number of imidazole rings is 1. The number of carbonyl (C=O) groups excluding carboxylic acids is 1. The summed E-state index contributed by atoms with van der Waals surface area (Å²) in [4.78, 5) is 18.7. The van der Waals surface area contributed by atoms with Crippen LogP contribution in [0.15, 0.2) is 54.9 Å². The molecule has 0 saturated carbocycles. The molecule has 0 aliphatic heterocycles. The number of pyridine rings is 1. The third kappa shape index (κ3) is 4.31. The molecular weight excluding hydrogens is 425 g/mol. The molecule has 32 heavy (non-hydrogen) atoms. The Morgan fingerprint density at radius 1 is 1.03 bits per heavy atom. The van der Waals surface area contributed by atoms with Gasteiger partial charge in [0.25, 0.3) is 0 Å². The number of hydrogen-bond acceptors (Lipinski definition) is 6. The fourth-order valence-electron chi connectivity index (χ4n) is 3.06. The number of carbonyl (C=O) groups is 1. The molecule has 164 valence electrons. The molecule has 4 rings (SSSR count). The van der Waals surface area contributed by atoms with E-state index in [1.165, 1.54) is 16.9 Å². The Balaban J connectivity index is 1.66. The molecular formula is C21H17F3N6O2. The second-order valence-corrected chi connectivity index (χ2v) is 6.88. The SMILES string of the molecule is NC(=O)CCOc1ccc(-c2ccc3ncc(-c4cnc(N)c(C(F)(F)F)c4)n3n2)cc1. The fourth-order valence-corrected chi connectivity index (χ4v) is 3.06. The number of aromatic nitrogens is 4. The van der Waals surface area contributed by atoms with Crippen LogP contribution in [0, 0.1) is 0 Å². The number of fused-ring (bicyclic) bond motifs is 1. The quantitative estimate of drug-likeness (QED) is 0.473. The van der Waals surface area contributed by atoms with Crippen LogP contribution in [0.25, 0.3) is 28.2 Å². The van der Waals surface area contributed by atoms with Gasteiger partial charge in [-0.1, -0.05) is 0 Å². The minimum absolute atomic E-state index is 0.111. The van der Waals surface area contributed by atoms with Crippen molar-refractivity contribution in [2.24, 2.45) is 5.73 Å². The van der Waals surface area contributed by atoms with Gasteiger partial charge >= 0.3 is 6.18 Å². The summed E-state index contributed by atoms with van der Waals surface area (Å²) in [5, 5.41) is 4.52. The van der Waals surface area contributed by atoms with E-state index in [1.807, 2.05) is 0 Å². The lowest BCUT2D eigenvalue weighted by molar-refractivity contribution is -0.137. The number of halogens is 3. The number of hydrogen-bond donors (Lipinski definition) is 2. The molecule has 0 radical (unpaired) electrons. The van der Waals surface area contributed by atoms with Gasteiger partial charge in [-0.3, -0.25) is 4.79 Å². The monoisotopic (exact) mass is 442 g/mol. The lowest BCUT2D eigenvalue weighted by Crippen LogP contribution is -2.14. The summed E-state index contributed by atoms with van der Waals surface area (Å²) in [5.74, 6) is -0.484. The smallest absolute Gasteiger partial charge is 0.419 e. The van der Waals surface area contributed by atoms with Crippen LogP contribution in [0.3, 0.4) is 0 Å². The Labute approximate surface area is 179 Å². The Morgan fingerprint density at radius 2 is 1.78 bits per heavy atom. The minimum atomic E-state index is -4.63. The molecule has 8 nitrogen and oxygen atoms in total. The normalized spacial score (nSPS) is 11.6. The van der Waals surface area contributed by atoms with Crippen molar-refractivity contribution < 1.29 is 22.7 Å². The van der Waals surface area contributed by atoms with Gasteiger partial charge < -0.3 is 16.2 Å². The molecule has 0 atom stereocenters. The van der Waals surface area contributed by atoms with E-state index >= 15 is 0 Å². The van der Waals surface area contributed by atoms with Crippen LogP contribution in [0.1, 0.15) is 12.0 Å². The second kappa shape index (κ2) is 8.17. The maximum Gasteiger partial charge on any atom is 0.419 e. The predicted molar refractivity (Wildman–Crippen MR) is 110 cm³/mol. The summed E-state index contributed by atoms with van der Waals surface area (Å²) in [7, 11) is 0. The van der Waals surface area contributed by atoms with E-state index in [4.69, 9.17) is 16.2 Å². The van der Waals surface area contributed by atoms with E-state index < -0.39 is 23.5 Å². The van der Waals surface area contributed by atoms with Gasteiger partial charge in [0.1, 0.15) is 11.6 Å². The van der Waals surface area contributed by atoms with Crippen molar-refractivity contribution in [3.8, 4) is 28.3 Å². The second-order valence-electron chi connectivity index (χ2n) is 6.88. The summed E-state index contributed by atoms with van der Waals surface area (Å²) in [6.07, 6.45) is -1.84. The first-order valence-electron chi connectivity index (χ1n) is 9.42. The minimum Gasteiger partial charge on any atom is -0.493 e. The van der Waals surface area contributed by atoms with Gasteiger partial charge in [-0.2, -0.15) is 18.3 Å². The third-order valence-electron chi connectivity index (χ3n) is 4.65. The van der Waals surface area contributed by atoms with E-state index in [9.17, 15) is 18.0 Å². The van der Waals surface area contributed by atoms with Crippen molar-refractivity contribution in [3.05, 3.63) is 60.4 Å². The summed E-state index contributed by atoms with van der Waals surface area (Å²) < 4.78 is 46.6. The molecule has 0 bridgehead atoms. The van der Waals surface area contributed by atoms with Gasteiger partial charge in [-0.05, 0) is 42.5 Å². The molecule has 0 aliphatic carbocycles.